The first-order valence-electron chi connectivity index (χ1n) is 9.18. The molecular formula is C23H22N2O2. The zero-order chi connectivity index (χ0) is 19.0. The molecule has 1 aliphatic rings. The van der Waals surface area contributed by atoms with Crippen molar-refractivity contribution in [2.24, 2.45) is 0 Å². The molecule has 0 amide bonds. The monoisotopic (exact) mass is 358 g/mol. The summed E-state index contributed by atoms with van der Waals surface area (Å²) in [6.07, 6.45) is 4.75. The first kappa shape index (κ1) is 17.3. The van der Waals surface area contributed by atoms with Crippen molar-refractivity contribution in [2.45, 2.75) is 19.3 Å². The molecule has 0 saturated carbocycles. The van der Waals surface area contributed by atoms with Crippen LogP contribution in [0.2, 0.25) is 0 Å². The molecule has 136 valence electrons. The van der Waals surface area contributed by atoms with Crippen molar-refractivity contribution in [2.75, 3.05) is 19.0 Å². The second-order valence-electron chi connectivity index (χ2n) is 7.15. The number of para-hydroxylation sites is 1. The van der Waals surface area contributed by atoms with Crippen LogP contribution in [0.25, 0.3) is 22.6 Å². The van der Waals surface area contributed by atoms with Crippen molar-refractivity contribution in [3.05, 3.63) is 70.9 Å². The third kappa shape index (κ3) is 3.19. The topological polar surface area (TPSA) is 53.4 Å². The van der Waals surface area contributed by atoms with Crippen molar-refractivity contribution in [1.82, 2.24) is 4.98 Å². The zero-order valence-corrected chi connectivity index (χ0v) is 15.6. The Balaban J connectivity index is 1.87. The molecular weight excluding hydrogens is 336 g/mol. The van der Waals surface area contributed by atoms with Gasteiger partial charge in [0.15, 0.2) is 0 Å². The van der Waals surface area contributed by atoms with Crippen LogP contribution >= 0.6 is 0 Å². The lowest BCUT2D eigenvalue weighted by Gasteiger charge is -2.21. The Labute approximate surface area is 158 Å². The van der Waals surface area contributed by atoms with E-state index in [-0.39, 0.29) is 0 Å². The van der Waals surface area contributed by atoms with Gasteiger partial charge < -0.3 is 10.0 Å². The molecule has 0 fully saturated rings. The van der Waals surface area contributed by atoms with E-state index in [1.807, 2.05) is 38.4 Å². The number of aromatic nitrogens is 1. The number of aromatic carboxylic acids is 1. The molecule has 0 unspecified atom stereocenters. The minimum atomic E-state index is -0.874. The molecule has 1 aromatic heterocycles. The number of rotatable bonds is 3. The van der Waals surface area contributed by atoms with Gasteiger partial charge in [-0.3, -0.25) is 0 Å². The largest absolute Gasteiger partial charge is 0.478 e. The van der Waals surface area contributed by atoms with Crippen LogP contribution in [-0.4, -0.2) is 30.2 Å². The lowest BCUT2D eigenvalue weighted by molar-refractivity contribution is 0.0697. The van der Waals surface area contributed by atoms with Gasteiger partial charge in [-0.05, 0) is 60.2 Å². The number of carboxylic acid groups (broad SMARTS) is 1. The van der Waals surface area contributed by atoms with Crippen LogP contribution < -0.4 is 4.90 Å². The van der Waals surface area contributed by atoms with Gasteiger partial charge in [0, 0.05) is 25.2 Å². The summed E-state index contributed by atoms with van der Waals surface area (Å²) in [5.41, 5.74) is 6.22. The minimum Gasteiger partial charge on any atom is -0.478 e. The van der Waals surface area contributed by atoms with E-state index in [0.717, 1.165) is 58.2 Å². The number of benzene rings is 2. The van der Waals surface area contributed by atoms with Gasteiger partial charge in [0.1, 0.15) is 0 Å². The molecule has 3 aromatic rings. The van der Waals surface area contributed by atoms with E-state index in [4.69, 9.17) is 4.98 Å². The average molecular weight is 358 g/mol. The first-order valence-corrected chi connectivity index (χ1v) is 9.18. The quantitative estimate of drug-likeness (QED) is 0.725. The number of hydrogen-bond donors (Lipinski definition) is 1. The van der Waals surface area contributed by atoms with Gasteiger partial charge >= 0.3 is 5.97 Å². The van der Waals surface area contributed by atoms with Crippen LogP contribution in [0.5, 0.6) is 0 Å². The van der Waals surface area contributed by atoms with Crippen molar-refractivity contribution in [3.63, 3.8) is 0 Å². The molecule has 27 heavy (non-hydrogen) atoms. The van der Waals surface area contributed by atoms with Gasteiger partial charge in [-0.25, -0.2) is 9.78 Å². The molecule has 0 spiro atoms. The summed E-state index contributed by atoms with van der Waals surface area (Å²) in [5, 5.41) is 10.6. The van der Waals surface area contributed by atoms with E-state index < -0.39 is 5.97 Å². The van der Waals surface area contributed by atoms with Crippen LogP contribution in [-0.2, 0) is 6.42 Å². The second kappa shape index (κ2) is 6.88. The van der Waals surface area contributed by atoms with Crippen molar-refractivity contribution in [1.29, 1.82) is 0 Å². The molecule has 1 heterocycles. The molecule has 0 radical (unpaired) electrons. The molecule has 2 aromatic carbocycles. The van der Waals surface area contributed by atoms with E-state index in [9.17, 15) is 9.90 Å². The normalized spacial score (nSPS) is 15.0. The Bertz CT molecular complexity index is 1050. The molecule has 0 bridgehead atoms. The standard InChI is InChI=1S/C23H22N2O2/c1-25(2)17-12-10-15(11-13-17)14-16-6-5-8-19-21(23(26)27)18-7-3-4-9-20(18)24-22(16)19/h3-4,7,9-14H,5-6,8H2,1-2H3,(H,26,27). The Morgan fingerprint density at radius 2 is 1.81 bits per heavy atom. The molecule has 1 N–H and O–H groups in total. The van der Waals surface area contributed by atoms with Gasteiger partial charge in [0.2, 0.25) is 0 Å². The van der Waals surface area contributed by atoms with E-state index in [2.05, 4.69) is 35.2 Å². The van der Waals surface area contributed by atoms with E-state index in [1.165, 1.54) is 0 Å². The van der Waals surface area contributed by atoms with Crippen LogP contribution in [0.3, 0.4) is 0 Å². The number of carbonyl (C=O) groups is 1. The Morgan fingerprint density at radius 3 is 2.52 bits per heavy atom. The van der Waals surface area contributed by atoms with Crippen molar-refractivity contribution >= 4 is 34.2 Å². The van der Waals surface area contributed by atoms with Crippen LogP contribution in [0.15, 0.2) is 48.5 Å². The highest BCUT2D eigenvalue weighted by Crippen LogP contribution is 2.36. The molecule has 4 rings (SSSR count). The van der Waals surface area contributed by atoms with Gasteiger partial charge in [-0.15, -0.1) is 0 Å². The Morgan fingerprint density at radius 1 is 1.07 bits per heavy atom. The fourth-order valence-corrected chi connectivity index (χ4v) is 3.79. The predicted octanol–water partition coefficient (Wildman–Crippen LogP) is 4.88. The summed E-state index contributed by atoms with van der Waals surface area (Å²) < 4.78 is 0. The molecule has 1 aliphatic carbocycles. The van der Waals surface area contributed by atoms with Crippen molar-refractivity contribution in [3.8, 4) is 0 Å². The summed E-state index contributed by atoms with van der Waals surface area (Å²) in [5.74, 6) is -0.874. The summed E-state index contributed by atoms with van der Waals surface area (Å²) in [7, 11) is 4.04. The lowest BCUT2D eigenvalue weighted by Crippen LogP contribution is -2.13. The number of allylic oxidation sites excluding steroid dienone is 1. The SMILES string of the molecule is CN(C)c1ccc(C=C2CCCc3c2nc2ccccc2c3C(=O)O)cc1. The summed E-state index contributed by atoms with van der Waals surface area (Å²) in [6.45, 7) is 0. The average Bonchev–Trinajstić information content (AvgIpc) is 2.66. The van der Waals surface area contributed by atoms with E-state index in [1.54, 1.807) is 0 Å². The van der Waals surface area contributed by atoms with Crippen LogP contribution in [0.4, 0.5) is 5.69 Å². The van der Waals surface area contributed by atoms with Gasteiger partial charge in [-0.1, -0.05) is 30.3 Å². The number of fused-ring (bicyclic) bond motifs is 2. The maximum absolute atomic E-state index is 12.0. The van der Waals surface area contributed by atoms with Gasteiger partial charge in [0.25, 0.3) is 0 Å². The van der Waals surface area contributed by atoms with Gasteiger partial charge in [0.05, 0.1) is 16.8 Å². The smallest absolute Gasteiger partial charge is 0.336 e. The number of hydrogen-bond acceptors (Lipinski definition) is 3. The fourth-order valence-electron chi connectivity index (χ4n) is 3.79. The second-order valence-corrected chi connectivity index (χ2v) is 7.15. The van der Waals surface area contributed by atoms with Crippen LogP contribution in [0, 0.1) is 0 Å². The summed E-state index contributed by atoms with van der Waals surface area (Å²) in [6, 6.07) is 15.9. The minimum absolute atomic E-state index is 0.407. The fraction of sp³-hybridized carbons (Fsp3) is 0.217. The summed E-state index contributed by atoms with van der Waals surface area (Å²) >= 11 is 0. The predicted molar refractivity (Wildman–Crippen MR) is 110 cm³/mol. The van der Waals surface area contributed by atoms with E-state index in [0.29, 0.717) is 5.56 Å². The summed E-state index contributed by atoms with van der Waals surface area (Å²) in [4.78, 5) is 18.9. The third-order valence-corrected chi connectivity index (χ3v) is 5.13. The lowest BCUT2D eigenvalue weighted by atomic mass is 9.86. The maximum atomic E-state index is 12.0. The number of anilines is 1. The molecule has 0 atom stereocenters. The molecule has 4 nitrogen and oxygen atoms in total. The highest BCUT2D eigenvalue weighted by Gasteiger charge is 2.24. The number of nitrogens with zero attached hydrogens (tertiary/aromatic N) is 2. The van der Waals surface area contributed by atoms with Gasteiger partial charge in [-0.2, -0.15) is 0 Å². The van der Waals surface area contributed by atoms with Crippen molar-refractivity contribution < 1.29 is 9.90 Å². The molecule has 0 saturated heterocycles. The Kier molecular flexibility index (Phi) is 4.40. The highest BCUT2D eigenvalue weighted by molar-refractivity contribution is 6.05. The zero-order valence-electron chi connectivity index (χ0n) is 15.6. The Hall–Kier alpha value is -3.14. The molecule has 4 heteroatoms. The van der Waals surface area contributed by atoms with E-state index >= 15 is 0 Å². The third-order valence-electron chi connectivity index (χ3n) is 5.13. The maximum Gasteiger partial charge on any atom is 0.336 e. The van der Waals surface area contributed by atoms with Crippen LogP contribution in [0.1, 0.15) is 40.0 Å². The first-order chi connectivity index (χ1) is 13.0. The highest BCUT2D eigenvalue weighted by atomic mass is 16.4. The number of carboxylic acids is 1. The number of pyridine rings is 1. The molecule has 0 aliphatic heterocycles.